The highest BCUT2D eigenvalue weighted by atomic mass is 19.3. The van der Waals surface area contributed by atoms with E-state index in [0.29, 0.717) is 6.10 Å². The molecular weight excluding hydrogens is 166 g/mol. The Kier molecular flexibility index (Phi) is 6.85. The molecular formula is C8H14F2O2. The topological polar surface area (TPSA) is 26.3 Å². The third-order valence-corrected chi connectivity index (χ3v) is 1.89. The summed E-state index contributed by atoms with van der Waals surface area (Å²) in [6.45, 7) is 0. The van der Waals surface area contributed by atoms with Crippen LogP contribution in [0.5, 0.6) is 0 Å². The molecule has 0 amide bonds. The molecule has 0 radical (unpaired) electrons. The quantitative estimate of drug-likeness (QED) is 0.580. The second-order valence-electron chi connectivity index (χ2n) is 2.72. The van der Waals surface area contributed by atoms with Crippen LogP contribution in [0.15, 0.2) is 0 Å². The van der Waals surface area contributed by atoms with Gasteiger partial charge in [0.1, 0.15) is 0 Å². The molecule has 0 aromatic carbocycles. The number of hydrogen-bond acceptors (Lipinski definition) is 2. The van der Waals surface area contributed by atoms with Crippen LogP contribution in [0.25, 0.3) is 0 Å². The Morgan fingerprint density at radius 1 is 1.25 bits per heavy atom. The van der Waals surface area contributed by atoms with Crippen molar-refractivity contribution in [2.45, 2.75) is 38.2 Å². The van der Waals surface area contributed by atoms with Crippen LogP contribution in [0, 0.1) is 0 Å². The molecule has 0 unspecified atom stereocenters. The number of halogens is 2. The maximum atomic E-state index is 9.69. The molecule has 1 aliphatic carbocycles. The Morgan fingerprint density at radius 3 is 1.92 bits per heavy atom. The molecule has 1 aliphatic rings. The molecule has 0 aromatic rings. The smallest absolute Gasteiger partial charge is 0.381 e. The van der Waals surface area contributed by atoms with Crippen molar-refractivity contribution in [2.75, 3.05) is 7.11 Å². The van der Waals surface area contributed by atoms with Crippen LogP contribution in [0.2, 0.25) is 0 Å². The summed E-state index contributed by atoms with van der Waals surface area (Å²) < 4.78 is 24.6. The first-order valence-electron chi connectivity index (χ1n) is 4.04. The molecule has 0 aliphatic heterocycles. The molecule has 1 saturated carbocycles. The lowest BCUT2D eigenvalue weighted by atomic mass is 9.98. The van der Waals surface area contributed by atoms with E-state index in [1.165, 1.54) is 32.1 Å². The zero-order valence-corrected chi connectivity index (χ0v) is 7.19. The third kappa shape index (κ3) is 7.60. The van der Waals surface area contributed by atoms with Crippen molar-refractivity contribution in [3.05, 3.63) is 0 Å². The third-order valence-electron chi connectivity index (χ3n) is 1.89. The van der Waals surface area contributed by atoms with Gasteiger partial charge in [-0.1, -0.05) is 19.3 Å². The molecule has 0 aromatic heterocycles. The monoisotopic (exact) mass is 180 g/mol. The van der Waals surface area contributed by atoms with Crippen LogP contribution in [-0.4, -0.2) is 19.5 Å². The number of carbonyl (C=O) groups excluding carboxylic acids is 1. The van der Waals surface area contributed by atoms with Crippen LogP contribution >= 0.6 is 0 Å². The van der Waals surface area contributed by atoms with Crippen molar-refractivity contribution in [3.8, 4) is 0 Å². The summed E-state index contributed by atoms with van der Waals surface area (Å²) in [5.74, 6) is 0. The largest absolute Gasteiger partial charge is 0.483 e. The second kappa shape index (κ2) is 7.16. The Morgan fingerprint density at radius 2 is 1.67 bits per heavy atom. The van der Waals surface area contributed by atoms with Gasteiger partial charge in [0.25, 0.3) is 0 Å². The summed E-state index contributed by atoms with van der Waals surface area (Å²) in [4.78, 5) is 8.11. The van der Waals surface area contributed by atoms with E-state index in [9.17, 15) is 8.78 Å². The number of hydrogen-bond donors (Lipinski definition) is 0. The summed E-state index contributed by atoms with van der Waals surface area (Å²) in [6.07, 6.45) is 4.49. The average molecular weight is 180 g/mol. The highest BCUT2D eigenvalue weighted by Crippen LogP contribution is 2.18. The van der Waals surface area contributed by atoms with Crippen molar-refractivity contribution in [3.63, 3.8) is 0 Å². The predicted molar refractivity (Wildman–Crippen MR) is 41.5 cm³/mol. The van der Waals surface area contributed by atoms with Gasteiger partial charge in [0, 0.05) is 7.11 Å². The van der Waals surface area contributed by atoms with Gasteiger partial charge < -0.3 is 4.74 Å². The highest BCUT2D eigenvalue weighted by Gasteiger charge is 2.10. The summed E-state index contributed by atoms with van der Waals surface area (Å²) in [5, 5.41) is 0. The fourth-order valence-electron chi connectivity index (χ4n) is 1.30. The first kappa shape index (κ1) is 11.5. The summed E-state index contributed by atoms with van der Waals surface area (Å²) in [6, 6.07) is 0. The van der Waals surface area contributed by atoms with E-state index in [1.54, 1.807) is 0 Å². The minimum Gasteiger partial charge on any atom is -0.381 e. The predicted octanol–water partition coefficient (Wildman–Crippen LogP) is 3.01. The molecule has 0 spiro atoms. The van der Waals surface area contributed by atoms with E-state index in [1.807, 2.05) is 7.11 Å². The normalized spacial score (nSPS) is 17.9. The summed E-state index contributed by atoms with van der Waals surface area (Å²) >= 11 is 0. The Balaban J connectivity index is 0.000000261. The van der Waals surface area contributed by atoms with Crippen molar-refractivity contribution in [1.82, 2.24) is 0 Å². The Bertz CT molecular complexity index is 118. The van der Waals surface area contributed by atoms with E-state index in [4.69, 9.17) is 9.53 Å². The van der Waals surface area contributed by atoms with Gasteiger partial charge in [-0.15, -0.1) is 8.78 Å². The van der Waals surface area contributed by atoms with E-state index in [-0.39, 0.29) is 0 Å². The summed E-state index contributed by atoms with van der Waals surface area (Å²) in [7, 11) is 1.82. The van der Waals surface area contributed by atoms with Gasteiger partial charge >= 0.3 is 6.29 Å². The number of ether oxygens (including phenoxy) is 1. The second-order valence-corrected chi connectivity index (χ2v) is 2.72. The van der Waals surface area contributed by atoms with Crippen LogP contribution in [0.1, 0.15) is 32.1 Å². The first-order valence-corrected chi connectivity index (χ1v) is 4.04. The molecule has 1 rings (SSSR count). The molecule has 0 heterocycles. The van der Waals surface area contributed by atoms with Gasteiger partial charge in [-0.05, 0) is 12.8 Å². The molecule has 0 N–H and O–H groups in total. The van der Waals surface area contributed by atoms with Crippen LogP contribution in [0.4, 0.5) is 13.6 Å². The maximum Gasteiger partial charge on any atom is 0.483 e. The van der Waals surface area contributed by atoms with E-state index in [2.05, 4.69) is 0 Å². The fourth-order valence-corrected chi connectivity index (χ4v) is 1.30. The zero-order chi connectivity index (χ0) is 9.40. The Hall–Kier alpha value is -0.510. The van der Waals surface area contributed by atoms with Gasteiger partial charge in [-0.25, -0.2) is 4.79 Å². The maximum absolute atomic E-state index is 9.69. The molecule has 0 saturated heterocycles. The molecule has 2 nitrogen and oxygen atoms in total. The Labute approximate surface area is 70.9 Å². The average Bonchev–Trinajstić information content (AvgIpc) is 2.05. The van der Waals surface area contributed by atoms with Crippen molar-refractivity contribution < 1.29 is 18.3 Å². The number of carbonyl (C=O) groups is 1. The van der Waals surface area contributed by atoms with Crippen molar-refractivity contribution >= 4 is 6.29 Å². The zero-order valence-electron chi connectivity index (χ0n) is 7.19. The van der Waals surface area contributed by atoms with Crippen LogP contribution in [0.3, 0.4) is 0 Å². The van der Waals surface area contributed by atoms with E-state index < -0.39 is 6.29 Å². The lowest BCUT2D eigenvalue weighted by Gasteiger charge is -2.19. The number of rotatable bonds is 1. The molecule has 0 atom stereocenters. The van der Waals surface area contributed by atoms with Crippen LogP contribution in [-0.2, 0) is 4.74 Å². The van der Waals surface area contributed by atoms with E-state index in [0.717, 1.165) is 0 Å². The highest BCUT2D eigenvalue weighted by molar-refractivity contribution is 5.55. The fraction of sp³-hybridized carbons (Fsp3) is 0.875. The SMILES string of the molecule is COC1CCCCC1.O=C(F)F. The molecule has 0 bridgehead atoms. The van der Waals surface area contributed by atoms with Crippen LogP contribution < -0.4 is 0 Å². The molecule has 72 valence electrons. The van der Waals surface area contributed by atoms with Gasteiger partial charge in [0.15, 0.2) is 0 Å². The van der Waals surface area contributed by atoms with Crippen molar-refractivity contribution in [2.24, 2.45) is 0 Å². The van der Waals surface area contributed by atoms with Crippen molar-refractivity contribution in [1.29, 1.82) is 0 Å². The van der Waals surface area contributed by atoms with Gasteiger partial charge in [0.05, 0.1) is 6.10 Å². The molecule has 12 heavy (non-hydrogen) atoms. The summed E-state index contributed by atoms with van der Waals surface area (Å²) in [5.41, 5.74) is 0. The standard InChI is InChI=1S/C7H14O.CF2O/c1-8-7-5-3-2-4-6-7;2-1(3)4/h7H,2-6H2,1H3;. The van der Waals surface area contributed by atoms with Gasteiger partial charge in [-0.2, -0.15) is 0 Å². The molecule has 4 heteroatoms. The lowest BCUT2D eigenvalue weighted by Crippen LogP contribution is -2.13. The first-order chi connectivity index (χ1) is 5.66. The number of methoxy groups -OCH3 is 1. The van der Waals surface area contributed by atoms with Gasteiger partial charge in [-0.3, -0.25) is 0 Å². The molecule has 1 fully saturated rings. The van der Waals surface area contributed by atoms with Gasteiger partial charge in [0.2, 0.25) is 0 Å². The minimum atomic E-state index is -2.83. The lowest BCUT2D eigenvalue weighted by molar-refractivity contribution is 0.0710. The van der Waals surface area contributed by atoms with E-state index >= 15 is 0 Å². The minimum absolute atomic E-state index is 0.587.